The highest BCUT2D eigenvalue weighted by molar-refractivity contribution is 5.75. The van der Waals surface area contributed by atoms with Crippen molar-refractivity contribution in [2.75, 3.05) is 6.54 Å². The maximum Gasteiger partial charge on any atom is 0.129 e. The predicted molar refractivity (Wildman–Crippen MR) is 76.7 cm³/mol. The fraction of sp³-hybridized carbons (Fsp3) is 0.562. The van der Waals surface area contributed by atoms with Gasteiger partial charge in [-0.1, -0.05) is 30.7 Å². The summed E-state index contributed by atoms with van der Waals surface area (Å²) in [6.07, 6.45) is 7.34. The Morgan fingerprint density at radius 1 is 1.00 bits per heavy atom. The van der Waals surface area contributed by atoms with Gasteiger partial charge in [-0.05, 0) is 56.7 Å². The van der Waals surface area contributed by atoms with Gasteiger partial charge in [0.15, 0.2) is 0 Å². The summed E-state index contributed by atoms with van der Waals surface area (Å²) < 4.78 is 0. The molecular formula is C16H25NO. The van der Waals surface area contributed by atoms with E-state index in [1.165, 1.54) is 17.5 Å². The third-order valence-electron chi connectivity index (χ3n) is 3.24. The highest BCUT2D eigenvalue weighted by atomic mass is 16.1. The quantitative estimate of drug-likeness (QED) is 0.681. The van der Waals surface area contributed by atoms with E-state index in [1.807, 2.05) is 0 Å². The van der Waals surface area contributed by atoms with Crippen LogP contribution >= 0.6 is 0 Å². The monoisotopic (exact) mass is 247 g/mol. The van der Waals surface area contributed by atoms with Gasteiger partial charge in [-0.3, -0.25) is 0 Å². The molecule has 100 valence electrons. The molecule has 0 aliphatic carbocycles. The van der Waals surface area contributed by atoms with Crippen molar-refractivity contribution >= 4 is 5.78 Å². The van der Waals surface area contributed by atoms with Crippen LogP contribution in [0.15, 0.2) is 24.3 Å². The second kappa shape index (κ2) is 8.87. The van der Waals surface area contributed by atoms with Crippen LogP contribution in [-0.2, 0) is 17.6 Å². The van der Waals surface area contributed by atoms with Crippen molar-refractivity contribution in [3.05, 3.63) is 35.4 Å². The lowest BCUT2D eigenvalue weighted by Crippen LogP contribution is -2.02. The molecule has 0 atom stereocenters. The molecule has 0 unspecified atom stereocenters. The number of nitrogens with two attached hydrogens (primary N) is 1. The molecule has 0 aliphatic heterocycles. The van der Waals surface area contributed by atoms with Crippen LogP contribution in [0, 0.1) is 0 Å². The van der Waals surface area contributed by atoms with Gasteiger partial charge in [0.25, 0.3) is 0 Å². The number of carbonyl (C=O) groups excluding carboxylic acids is 1. The van der Waals surface area contributed by atoms with Crippen LogP contribution in [0.2, 0.25) is 0 Å². The molecule has 0 saturated heterocycles. The standard InChI is InChI=1S/C16H25NO/c1-14(18)8-3-2-4-9-15-10-5-6-11-16(15)12-7-13-17/h5-6,10-11H,2-4,7-9,12-13,17H2,1H3. The van der Waals surface area contributed by atoms with Gasteiger partial charge in [-0.2, -0.15) is 0 Å². The number of ketones is 1. The molecule has 2 heteroatoms. The molecule has 0 aliphatic rings. The molecule has 1 aromatic rings. The van der Waals surface area contributed by atoms with Crippen molar-refractivity contribution in [1.82, 2.24) is 0 Å². The molecule has 1 rings (SSSR count). The van der Waals surface area contributed by atoms with Crippen molar-refractivity contribution in [3.8, 4) is 0 Å². The van der Waals surface area contributed by atoms with Crippen LogP contribution in [0.4, 0.5) is 0 Å². The van der Waals surface area contributed by atoms with Crippen LogP contribution in [0.3, 0.4) is 0 Å². The minimum Gasteiger partial charge on any atom is -0.330 e. The topological polar surface area (TPSA) is 43.1 Å². The van der Waals surface area contributed by atoms with E-state index in [9.17, 15) is 4.79 Å². The number of Topliss-reactive ketones (excluding diaryl/α,β-unsaturated/α-hetero) is 1. The Kier molecular flexibility index (Phi) is 7.35. The second-order valence-corrected chi connectivity index (χ2v) is 4.92. The van der Waals surface area contributed by atoms with Crippen LogP contribution in [0.25, 0.3) is 0 Å². The Bertz CT molecular complexity index is 360. The Labute approximate surface area is 111 Å². The summed E-state index contributed by atoms with van der Waals surface area (Å²) in [7, 11) is 0. The van der Waals surface area contributed by atoms with E-state index < -0.39 is 0 Å². The zero-order valence-electron chi connectivity index (χ0n) is 11.5. The van der Waals surface area contributed by atoms with Gasteiger partial charge in [0.1, 0.15) is 5.78 Å². The van der Waals surface area contributed by atoms with Gasteiger partial charge in [0.05, 0.1) is 0 Å². The van der Waals surface area contributed by atoms with Crippen LogP contribution in [0.5, 0.6) is 0 Å². The van der Waals surface area contributed by atoms with Gasteiger partial charge in [0.2, 0.25) is 0 Å². The molecule has 0 heterocycles. The SMILES string of the molecule is CC(=O)CCCCCc1ccccc1CCCN. The number of rotatable bonds is 9. The molecule has 18 heavy (non-hydrogen) atoms. The number of aryl methyl sites for hydroxylation is 2. The lowest BCUT2D eigenvalue weighted by atomic mass is 9.98. The maximum absolute atomic E-state index is 10.8. The van der Waals surface area contributed by atoms with Gasteiger partial charge >= 0.3 is 0 Å². The van der Waals surface area contributed by atoms with E-state index >= 15 is 0 Å². The Morgan fingerprint density at radius 2 is 1.61 bits per heavy atom. The van der Waals surface area contributed by atoms with E-state index in [2.05, 4.69) is 24.3 Å². The van der Waals surface area contributed by atoms with Crippen molar-refractivity contribution in [2.24, 2.45) is 5.73 Å². The molecule has 0 aromatic heterocycles. The molecule has 2 N–H and O–H groups in total. The number of hydrogen-bond donors (Lipinski definition) is 1. The molecule has 0 fully saturated rings. The van der Waals surface area contributed by atoms with E-state index in [0.29, 0.717) is 5.78 Å². The van der Waals surface area contributed by atoms with Crippen LogP contribution < -0.4 is 5.73 Å². The minimum atomic E-state index is 0.304. The molecule has 0 radical (unpaired) electrons. The second-order valence-electron chi connectivity index (χ2n) is 4.92. The number of hydrogen-bond acceptors (Lipinski definition) is 2. The van der Waals surface area contributed by atoms with Gasteiger partial charge < -0.3 is 10.5 Å². The average molecular weight is 247 g/mol. The molecule has 2 nitrogen and oxygen atoms in total. The smallest absolute Gasteiger partial charge is 0.129 e. The van der Waals surface area contributed by atoms with E-state index in [-0.39, 0.29) is 0 Å². The highest BCUT2D eigenvalue weighted by Crippen LogP contribution is 2.15. The van der Waals surface area contributed by atoms with Crippen molar-refractivity contribution < 1.29 is 4.79 Å². The fourth-order valence-electron chi connectivity index (χ4n) is 2.20. The molecule has 0 spiro atoms. The third kappa shape index (κ3) is 5.97. The minimum absolute atomic E-state index is 0.304. The third-order valence-corrected chi connectivity index (χ3v) is 3.24. The van der Waals surface area contributed by atoms with Crippen molar-refractivity contribution in [2.45, 2.75) is 51.9 Å². The lowest BCUT2D eigenvalue weighted by molar-refractivity contribution is -0.117. The molecule has 0 bridgehead atoms. The maximum atomic E-state index is 10.8. The van der Waals surface area contributed by atoms with Crippen LogP contribution in [0.1, 0.15) is 50.2 Å². The number of unbranched alkanes of at least 4 members (excludes halogenated alkanes) is 2. The largest absolute Gasteiger partial charge is 0.330 e. The van der Waals surface area contributed by atoms with E-state index in [4.69, 9.17) is 5.73 Å². The van der Waals surface area contributed by atoms with Crippen molar-refractivity contribution in [3.63, 3.8) is 0 Å². The van der Waals surface area contributed by atoms with E-state index in [0.717, 1.165) is 45.1 Å². The predicted octanol–water partition coefficient (Wildman–Crippen LogP) is 3.27. The fourth-order valence-corrected chi connectivity index (χ4v) is 2.20. The summed E-state index contributed by atoms with van der Waals surface area (Å²) in [5, 5.41) is 0. The molecule has 1 aromatic carbocycles. The number of carbonyl (C=O) groups is 1. The molecule has 0 saturated carbocycles. The Hall–Kier alpha value is -1.15. The first-order valence-electron chi connectivity index (χ1n) is 7.00. The average Bonchev–Trinajstić information content (AvgIpc) is 2.36. The first-order valence-corrected chi connectivity index (χ1v) is 7.00. The lowest BCUT2D eigenvalue weighted by Gasteiger charge is -2.08. The van der Waals surface area contributed by atoms with Crippen molar-refractivity contribution in [1.29, 1.82) is 0 Å². The first-order chi connectivity index (χ1) is 8.74. The Morgan fingerprint density at radius 3 is 2.17 bits per heavy atom. The van der Waals surface area contributed by atoms with Gasteiger partial charge in [-0.25, -0.2) is 0 Å². The normalized spacial score (nSPS) is 10.6. The zero-order valence-corrected chi connectivity index (χ0v) is 11.5. The number of benzene rings is 1. The summed E-state index contributed by atoms with van der Waals surface area (Å²) >= 11 is 0. The molecule has 0 amide bonds. The summed E-state index contributed by atoms with van der Waals surface area (Å²) in [6.45, 7) is 2.43. The highest BCUT2D eigenvalue weighted by Gasteiger charge is 2.01. The van der Waals surface area contributed by atoms with Gasteiger partial charge in [0, 0.05) is 6.42 Å². The van der Waals surface area contributed by atoms with Gasteiger partial charge in [-0.15, -0.1) is 0 Å². The summed E-state index contributed by atoms with van der Waals surface area (Å²) in [4.78, 5) is 10.8. The van der Waals surface area contributed by atoms with E-state index in [1.54, 1.807) is 6.92 Å². The molecular weight excluding hydrogens is 222 g/mol. The Balaban J connectivity index is 2.34. The summed E-state index contributed by atoms with van der Waals surface area (Å²) in [5.74, 6) is 0.304. The first kappa shape index (κ1) is 14.9. The zero-order chi connectivity index (χ0) is 13.2. The summed E-state index contributed by atoms with van der Waals surface area (Å²) in [6, 6.07) is 8.64. The van der Waals surface area contributed by atoms with Crippen LogP contribution in [-0.4, -0.2) is 12.3 Å². The summed E-state index contributed by atoms with van der Waals surface area (Å²) in [5.41, 5.74) is 8.45.